The molecule has 1 aliphatic rings. The van der Waals surface area contributed by atoms with Crippen LogP contribution < -0.4 is 10.2 Å². The summed E-state index contributed by atoms with van der Waals surface area (Å²) >= 11 is 0. The Labute approximate surface area is 173 Å². The number of guanidine groups is 1. The Morgan fingerprint density at radius 1 is 1.31 bits per heavy atom. The molecule has 2 heterocycles. The zero-order valence-electron chi connectivity index (χ0n) is 16.0. The van der Waals surface area contributed by atoms with Crippen LogP contribution in [0.15, 0.2) is 41.7 Å². The Kier molecular flexibility index (Phi) is 7.31. The van der Waals surface area contributed by atoms with Crippen LogP contribution in [0, 0.1) is 0 Å². The van der Waals surface area contributed by atoms with Gasteiger partial charge in [-0.05, 0) is 29.7 Å². The molecule has 1 atom stereocenters. The van der Waals surface area contributed by atoms with Gasteiger partial charge in [0.2, 0.25) is 0 Å². The summed E-state index contributed by atoms with van der Waals surface area (Å²) in [5.74, 6) is 1.51. The third-order valence-electron chi connectivity index (χ3n) is 4.80. The molecule has 0 aliphatic carbocycles. The maximum Gasteiger partial charge on any atom is 0.193 e. The van der Waals surface area contributed by atoms with Crippen LogP contribution in [-0.2, 0) is 13.6 Å². The van der Waals surface area contributed by atoms with Crippen LogP contribution in [0.3, 0.4) is 0 Å². The average Bonchev–Trinajstić information content (AvgIpc) is 3.25. The summed E-state index contributed by atoms with van der Waals surface area (Å²) in [5.41, 5.74) is 3.79. The topological polar surface area (TPSA) is 48.7 Å². The van der Waals surface area contributed by atoms with E-state index in [1.807, 2.05) is 25.0 Å². The number of benzene rings is 1. The Morgan fingerprint density at radius 2 is 2.04 bits per heavy atom. The number of hydrogen-bond donors (Lipinski definition) is 1. The Balaban J connectivity index is 0.00000243. The molecular weight excluding hydrogens is 439 g/mol. The van der Waals surface area contributed by atoms with Crippen LogP contribution in [0.25, 0.3) is 0 Å². The summed E-state index contributed by atoms with van der Waals surface area (Å²) in [4.78, 5) is 8.92. The highest BCUT2D eigenvalue weighted by atomic mass is 127. The molecule has 1 aliphatic heterocycles. The molecule has 0 radical (unpaired) electrons. The van der Waals surface area contributed by atoms with Crippen LogP contribution >= 0.6 is 24.0 Å². The van der Waals surface area contributed by atoms with Gasteiger partial charge in [0.25, 0.3) is 0 Å². The lowest BCUT2D eigenvalue weighted by Gasteiger charge is -2.22. The third-order valence-corrected chi connectivity index (χ3v) is 4.80. The average molecular weight is 468 g/mol. The maximum atomic E-state index is 4.47. The minimum absolute atomic E-state index is 0. The smallest absolute Gasteiger partial charge is 0.193 e. The van der Waals surface area contributed by atoms with E-state index < -0.39 is 0 Å². The van der Waals surface area contributed by atoms with E-state index in [2.05, 4.69) is 69.8 Å². The number of nitrogens with one attached hydrogen (secondary N) is 1. The number of aromatic nitrogens is 2. The number of hydrogen-bond acceptors (Lipinski definition) is 3. The van der Waals surface area contributed by atoms with Crippen molar-refractivity contribution >= 4 is 35.6 Å². The van der Waals surface area contributed by atoms with E-state index in [9.17, 15) is 0 Å². The molecule has 1 aromatic heterocycles. The lowest BCUT2D eigenvalue weighted by atomic mass is 10.0. The first-order valence-corrected chi connectivity index (χ1v) is 8.77. The lowest BCUT2D eigenvalue weighted by Crippen LogP contribution is -2.39. The largest absolute Gasteiger partial charge is 0.378 e. The zero-order chi connectivity index (χ0) is 17.8. The van der Waals surface area contributed by atoms with E-state index in [-0.39, 0.29) is 24.0 Å². The second-order valence-electron chi connectivity index (χ2n) is 6.84. The molecule has 0 bridgehead atoms. The molecule has 142 valence electrons. The zero-order valence-corrected chi connectivity index (χ0v) is 18.3. The Morgan fingerprint density at radius 3 is 2.62 bits per heavy atom. The van der Waals surface area contributed by atoms with Crippen LogP contribution in [0.1, 0.15) is 23.5 Å². The van der Waals surface area contributed by atoms with Gasteiger partial charge < -0.3 is 15.1 Å². The highest BCUT2D eigenvalue weighted by Gasteiger charge is 2.26. The fraction of sp³-hybridized carbons (Fsp3) is 0.474. The highest BCUT2D eigenvalue weighted by molar-refractivity contribution is 14.0. The summed E-state index contributed by atoms with van der Waals surface area (Å²) in [6, 6.07) is 8.62. The molecular formula is C19H29IN6. The molecule has 6 nitrogen and oxygen atoms in total. The predicted octanol–water partition coefficient (Wildman–Crippen LogP) is 2.67. The molecule has 1 fully saturated rings. The third kappa shape index (κ3) is 4.90. The van der Waals surface area contributed by atoms with Gasteiger partial charge in [-0.15, -0.1) is 24.0 Å². The maximum absolute atomic E-state index is 4.47. The van der Waals surface area contributed by atoms with Gasteiger partial charge in [0.1, 0.15) is 0 Å². The number of nitrogens with zero attached hydrogens (tertiary/aromatic N) is 5. The van der Waals surface area contributed by atoms with Crippen LogP contribution in [0.4, 0.5) is 5.69 Å². The normalized spacial score (nSPS) is 17.2. The summed E-state index contributed by atoms with van der Waals surface area (Å²) < 4.78 is 1.88. The van der Waals surface area contributed by atoms with Crippen molar-refractivity contribution in [3.05, 3.63) is 47.8 Å². The number of aryl methyl sites for hydroxylation is 1. The minimum atomic E-state index is 0. The number of aliphatic imine (C=N–C) groups is 1. The van der Waals surface area contributed by atoms with E-state index in [0.717, 1.165) is 32.0 Å². The van der Waals surface area contributed by atoms with E-state index in [0.29, 0.717) is 5.92 Å². The van der Waals surface area contributed by atoms with Crippen LogP contribution in [-0.4, -0.2) is 54.9 Å². The van der Waals surface area contributed by atoms with Crippen LogP contribution in [0.2, 0.25) is 0 Å². The molecule has 1 unspecified atom stereocenters. The van der Waals surface area contributed by atoms with Gasteiger partial charge in [-0.3, -0.25) is 9.67 Å². The fourth-order valence-electron chi connectivity index (χ4n) is 3.30. The molecule has 7 heteroatoms. The number of anilines is 1. The van der Waals surface area contributed by atoms with Gasteiger partial charge in [0.05, 0.1) is 6.20 Å². The lowest BCUT2D eigenvalue weighted by molar-refractivity contribution is 0.486. The fourth-order valence-corrected chi connectivity index (χ4v) is 3.30. The SMILES string of the molecule is CN=C(NCc1ccc(N(C)C)cc1)N1CCC(c2cnn(C)c2)C1.I. The van der Waals surface area contributed by atoms with Crippen molar-refractivity contribution in [1.82, 2.24) is 20.0 Å². The van der Waals surface area contributed by atoms with Gasteiger partial charge >= 0.3 is 0 Å². The van der Waals surface area contributed by atoms with Gasteiger partial charge in [-0.2, -0.15) is 5.10 Å². The Hall–Kier alpha value is -1.77. The molecule has 26 heavy (non-hydrogen) atoms. The molecule has 1 saturated heterocycles. The van der Waals surface area contributed by atoms with E-state index in [1.165, 1.54) is 16.8 Å². The summed E-state index contributed by atoms with van der Waals surface area (Å²) in [5, 5.41) is 7.79. The first-order chi connectivity index (χ1) is 12.1. The van der Waals surface area contributed by atoms with E-state index in [4.69, 9.17) is 0 Å². The van der Waals surface area contributed by atoms with Gasteiger partial charge in [0, 0.05) is 65.6 Å². The summed E-state index contributed by atoms with van der Waals surface area (Å²) in [7, 11) is 7.94. The molecule has 0 saturated carbocycles. The monoisotopic (exact) mass is 468 g/mol. The van der Waals surface area contributed by atoms with Crippen LogP contribution in [0.5, 0.6) is 0 Å². The second-order valence-corrected chi connectivity index (χ2v) is 6.84. The standard InChI is InChI=1S/C19H28N6.HI/c1-20-19(21-11-15-5-7-18(8-6-15)23(2)3)25-10-9-16(14-25)17-12-22-24(4)13-17;/h5-8,12-13,16H,9-11,14H2,1-4H3,(H,20,21);1H. The van der Waals surface area contributed by atoms with Crippen molar-refractivity contribution in [2.45, 2.75) is 18.9 Å². The number of rotatable bonds is 4. The van der Waals surface area contributed by atoms with E-state index >= 15 is 0 Å². The highest BCUT2D eigenvalue weighted by Crippen LogP contribution is 2.26. The Bertz CT molecular complexity index is 722. The van der Waals surface area contributed by atoms with Crippen molar-refractivity contribution in [3.63, 3.8) is 0 Å². The van der Waals surface area contributed by atoms with Crippen molar-refractivity contribution in [3.8, 4) is 0 Å². The molecule has 1 N–H and O–H groups in total. The quantitative estimate of drug-likeness (QED) is 0.426. The summed E-state index contributed by atoms with van der Waals surface area (Å²) in [6.45, 7) is 2.80. The van der Waals surface area contributed by atoms with E-state index in [1.54, 1.807) is 0 Å². The molecule has 3 rings (SSSR count). The van der Waals surface area contributed by atoms with Gasteiger partial charge in [0.15, 0.2) is 5.96 Å². The number of likely N-dealkylation sites (tertiary alicyclic amines) is 1. The van der Waals surface area contributed by atoms with Crippen molar-refractivity contribution in [1.29, 1.82) is 0 Å². The first kappa shape index (κ1) is 20.5. The second kappa shape index (κ2) is 9.25. The molecule has 2 aromatic rings. The minimum Gasteiger partial charge on any atom is -0.378 e. The first-order valence-electron chi connectivity index (χ1n) is 8.77. The molecule has 1 aromatic carbocycles. The van der Waals surface area contributed by atoms with Crippen molar-refractivity contribution < 1.29 is 0 Å². The van der Waals surface area contributed by atoms with Crippen molar-refractivity contribution in [2.75, 3.05) is 39.1 Å². The summed E-state index contributed by atoms with van der Waals surface area (Å²) in [6.07, 6.45) is 5.25. The van der Waals surface area contributed by atoms with Gasteiger partial charge in [-0.1, -0.05) is 12.1 Å². The molecule has 0 spiro atoms. The van der Waals surface area contributed by atoms with Gasteiger partial charge in [-0.25, -0.2) is 0 Å². The number of halogens is 1. The predicted molar refractivity (Wildman–Crippen MR) is 119 cm³/mol. The van der Waals surface area contributed by atoms with Crippen molar-refractivity contribution in [2.24, 2.45) is 12.0 Å². The molecule has 0 amide bonds.